The van der Waals surface area contributed by atoms with Crippen LogP contribution in [0.3, 0.4) is 0 Å². The normalized spacial score (nSPS) is 10.5. The standard InChI is InChI=1S/C20H20N2O3S/c1-15-11-16(2)13-17(12-15)22(9-4-8-21)19(23)14-25-20(24)7-6-18-5-3-10-26-18/h3,5-7,10-13H,4,9,14H2,1-2H3/b7-6+. The number of ether oxygens (including phenoxy) is 1. The number of anilines is 1. The number of esters is 1. The summed E-state index contributed by atoms with van der Waals surface area (Å²) in [5, 5.41) is 10.8. The number of amides is 1. The number of nitrogens with zero attached hydrogens (tertiary/aromatic N) is 2. The van der Waals surface area contributed by atoms with Gasteiger partial charge >= 0.3 is 5.97 Å². The molecule has 2 rings (SSSR count). The molecule has 0 radical (unpaired) electrons. The first-order valence-electron chi connectivity index (χ1n) is 8.13. The Morgan fingerprint density at radius 3 is 2.62 bits per heavy atom. The highest BCUT2D eigenvalue weighted by atomic mass is 32.1. The molecular weight excluding hydrogens is 348 g/mol. The molecule has 2 aromatic rings. The van der Waals surface area contributed by atoms with E-state index in [9.17, 15) is 9.59 Å². The van der Waals surface area contributed by atoms with E-state index in [0.29, 0.717) is 5.69 Å². The topological polar surface area (TPSA) is 70.4 Å². The highest BCUT2D eigenvalue weighted by Gasteiger charge is 2.17. The molecule has 0 aliphatic carbocycles. The van der Waals surface area contributed by atoms with Gasteiger partial charge in [-0.15, -0.1) is 11.3 Å². The third-order valence-corrected chi connectivity index (χ3v) is 4.37. The Hall–Kier alpha value is -2.91. The summed E-state index contributed by atoms with van der Waals surface area (Å²) in [6.45, 7) is 3.77. The molecule has 0 N–H and O–H groups in total. The van der Waals surface area contributed by atoms with Crippen LogP contribution in [0, 0.1) is 25.2 Å². The van der Waals surface area contributed by atoms with E-state index in [0.717, 1.165) is 16.0 Å². The minimum Gasteiger partial charge on any atom is -0.452 e. The van der Waals surface area contributed by atoms with Crippen LogP contribution in [-0.2, 0) is 14.3 Å². The second-order valence-electron chi connectivity index (χ2n) is 5.76. The smallest absolute Gasteiger partial charge is 0.331 e. The molecule has 5 nitrogen and oxygen atoms in total. The molecule has 0 fully saturated rings. The van der Waals surface area contributed by atoms with Gasteiger partial charge in [-0.25, -0.2) is 4.79 Å². The Morgan fingerprint density at radius 1 is 1.27 bits per heavy atom. The van der Waals surface area contributed by atoms with E-state index in [1.807, 2.05) is 55.6 Å². The number of thiophene rings is 1. The fourth-order valence-corrected chi connectivity index (χ4v) is 3.08. The van der Waals surface area contributed by atoms with Gasteiger partial charge in [0.25, 0.3) is 5.91 Å². The van der Waals surface area contributed by atoms with Gasteiger partial charge in [-0.2, -0.15) is 5.26 Å². The molecule has 1 aromatic carbocycles. The molecule has 1 aromatic heterocycles. The predicted molar refractivity (Wildman–Crippen MR) is 103 cm³/mol. The van der Waals surface area contributed by atoms with E-state index in [1.54, 1.807) is 6.08 Å². The van der Waals surface area contributed by atoms with Crippen molar-refractivity contribution in [2.45, 2.75) is 20.3 Å². The molecule has 26 heavy (non-hydrogen) atoms. The van der Waals surface area contributed by atoms with Gasteiger partial charge in [0.2, 0.25) is 0 Å². The zero-order chi connectivity index (χ0) is 18.9. The van der Waals surface area contributed by atoms with Crippen LogP contribution in [0.2, 0.25) is 0 Å². The summed E-state index contributed by atoms with van der Waals surface area (Å²) in [7, 11) is 0. The van der Waals surface area contributed by atoms with Crippen molar-refractivity contribution in [1.29, 1.82) is 5.26 Å². The number of carbonyl (C=O) groups excluding carboxylic acids is 2. The van der Waals surface area contributed by atoms with Gasteiger partial charge < -0.3 is 9.64 Å². The van der Waals surface area contributed by atoms with Gasteiger partial charge in [-0.1, -0.05) is 12.1 Å². The maximum atomic E-state index is 12.5. The summed E-state index contributed by atoms with van der Waals surface area (Å²) < 4.78 is 5.05. The Morgan fingerprint density at radius 2 is 2.00 bits per heavy atom. The maximum absolute atomic E-state index is 12.5. The van der Waals surface area contributed by atoms with Crippen molar-refractivity contribution in [3.8, 4) is 6.07 Å². The predicted octanol–water partition coefficient (Wildman–Crippen LogP) is 3.87. The summed E-state index contributed by atoms with van der Waals surface area (Å²) in [6, 6.07) is 11.6. The highest BCUT2D eigenvalue weighted by Crippen LogP contribution is 2.19. The molecule has 1 amide bonds. The van der Waals surface area contributed by atoms with Crippen molar-refractivity contribution < 1.29 is 14.3 Å². The van der Waals surface area contributed by atoms with Crippen molar-refractivity contribution in [3.05, 3.63) is 57.8 Å². The lowest BCUT2D eigenvalue weighted by atomic mass is 10.1. The van der Waals surface area contributed by atoms with E-state index in [-0.39, 0.29) is 25.5 Å². The molecule has 1 heterocycles. The van der Waals surface area contributed by atoms with E-state index >= 15 is 0 Å². The number of nitriles is 1. The molecule has 0 atom stereocenters. The minimum atomic E-state index is -0.576. The summed E-state index contributed by atoms with van der Waals surface area (Å²) in [5.41, 5.74) is 2.74. The zero-order valence-corrected chi connectivity index (χ0v) is 15.6. The van der Waals surface area contributed by atoms with Crippen molar-refractivity contribution >= 4 is 35.0 Å². The van der Waals surface area contributed by atoms with Crippen LogP contribution in [0.15, 0.2) is 41.8 Å². The third-order valence-electron chi connectivity index (χ3n) is 3.53. The number of rotatable bonds is 7. The molecule has 0 aliphatic rings. The van der Waals surface area contributed by atoms with Crippen LogP contribution >= 0.6 is 11.3 Å². The van der Waals surface area contributed by atoms with Crippen LogP contribution in [0.25, 0.3) is 6.08 Å². The van der Waals surface area contributed by atoms with Gasteiger partial charge in [0.05, 0.1) is 12.5 Å². The molecule has 0 unspecified atom stereocenters. The van der Waals surface area contributed by atoms with Crippen molar-refractivity contribution in [3.63, 3.8) is 0 Å². The lowest BCUT2D eigenvalue weighted by Gasteiger charge is -2.22. The van der Waals surface area contributed by atoms with Crippen LogP contribution in [0.5, 0.6) is 0 Å². The zero-order valence-electron chi connectivity index (χ0n) is 14.8. The first-order valence-corrected chi connectivity index (χ1v) is 9.01. The van der Waals surface area contributed by atoms with Crippen molar-refractivity contribution in [1.82, 2.24) is 0 Å². The van der Waals surface area contributed by atoms with Gasteiger partial charge in [0.15, 0.2) is 6.61 Å². The highest BCUT2D eigenvalue weighted by molar-refractivity contribution is 7.10. The maximum Gasteiger partial charge on any atom is 0.331 e. The molecular formula is C20H20N2O3S. The number of carbonyl (C=O) groups is 2. The Kier molecular flexibility index (Phi) is 7.12. The Labute approximate surface area is 157 Å². The summed E-state index contributed by atoms with van der Waals surface area (Å²) in [4.78, 5) is 26.7. The second-order valence-corrected chi connectivity index (χ2v) is 6.74. The third kappa shape index (κ3) is 5.87. The van der Waals surface area contributed by atoms with E-state index < -0.39 is 5.97 Å². The fourth-order valence-electron chi connectivity index (χ4n) is 2.46. The van der Waals surface area contributed by atoms with Crippen molar-refractivity contribution in [2.24, 2.45) is 0 Å². The molecule has 134 valence electrons. The quantitative estimate of drug-likeness (QED) is 0.549. The molecule has 0 bridgehead atoms. The largest absolute Gasteiger partial charge is 0.452 e. The Balaban J connectivity index is 2.02. The molecule has 0 aliphatic heterocycles. The second kappa shape index (κ2) is 9.54. The monoisotopic (exact) mass is 368 g/mol. The Bertz CT molecular complexity index is 815. The number of hydrogen-bond donors (Lipinski definition) is 0. The molecule has 0 saturated carbocycles. The molecule has 0 saturated heterocycles. The van der Waals surface area contributed by atoms with E-state index in [4.69, 9.17) is 10.00 Å². The van der Waals surface area contributed by atoms with Gasteiger partial charge in [0, 0.05) is 23.2 Å². The van der Waals surface area contributed by atoms with E-state index in [1.165, 1.54) is 22.3 Å². The van der Waals surface area contributed by atoms with Crippen molar-refractivity contribution in [2.75, 3.05) is 18.1 Å². The first kappa shape index (κ1) is 19.4. The summed E-state index contributed by atoms with van der Waals surface area (Å²) in [6.07, 6.45) is 3.15. The average Bonchev–Trinajstić information content (AvgIpc) is 3.11. The average molecular weight is 368 g/mol. The van der Waals surface area contributed by atoms with E-state index in [2.05, 4.69) is 0 Å². The van der Waals surface area contributed by atoms with Crippen LogP contribution in [0.1, 0.15) is 22.4 Å². The number of aryl methyl sites for hydroxylation is 2. The lowest BCUT2D eigenvalue weighted by molar-refractivity contribution is -0.142. The number of hydrogen-bond acceptors (Lipinski definition) is 5. The fraction of sp³-hybridized carbons (Fsp3) is 0.250. The minimum absolute atomic E-state index is 0.199. The van der Waals surface area contributed by atoms with Crippen LogP contribution < -0.4 is 4.90 Å². The van der Waals surface area contributed by atoms with Gasteiger partial charge in [-0.3, -0.25) is 4.79 Å². The summed E-state index contributed by atoms with van der Waals surface area (Å²) >= 11 is 1.50. The summed E-state index contributed by atoms with van der Waals surface area (Å²) in [5.74, 6) is -0.935. The van der Waals surface area contributed by atoms with Crippen LogP contribution in [-0.4, -0.2) is 25.0 Å². The number of benzene rings is 1. The van der Waals surface area contributed by atoms with Gasteiger partial charge in [-0.05, 0) is 54.6 Å². The first-order chi connectivity index (χ1) is 12.5. The molecule has 0 spiro atoms. The van der Waals surface area contributed by atoms with Gasteiger partial charge in [0.1, 0.15) is 0 Å². The SMILES string of the molecule is Cc1cc(C)cc(N(CCC#N)C(=O)COC(=O)/C=C/c2cccs2)c1. The van der Waals surface area contributed by atoms with Crippen LogP contribution in [0.4, 0.5) is 5.69 Å². The lowest BCUT2D eigenvalue weighted by Crippen LogP contribution is -2.35. The molecule has 6 heteroatoms.